The molecule has 0 amide bonds. The first kappa shape index (κ1) is 14.4. The SMILES string of the molecule is Cc1cc(Br)ccc1NCc1cccc(C(N)=NO)c1. The molecule has 0 unspecified atom stereocenters. The molecule has 0 saturated heterocycles. The molecule has 0 radical (unpaired) electrons. The summed E-state index contributed by atoms with van der Waals surface area (Å²) >= 11 is 3.45. The Hall–Kier alpha value is -2.01. The summed E-state index contributed by atoms with van der Waals surface area (Å²) in [4.78, 5) is 0. The van der Waals surface area contributed by atoms with E-state index in [2.05, 4.69) is 39.4 Å². The normalized spacial score (nSPS) is 11.4. The lowest BCUT2D eigenvalue weighted by Crippen LogP contribution is -2.13. The summed E-state index contributed by atoms with van der Waals surface area (Å²) in [6.45, 7) is 2.73. The van der Waals surface area contributed by atoms with Gasteiger partial charge in [0.15, 0.2) is 5.84 Å². The maximum atomic E-state index is 8.69. The largest absolute Gasteiger partial charge is 0.409 e. The first-order valence-corrected chi connectivity index (χ1v) is 6.96. The molecule has 0 fully saturated rings. The zero-order valence-electron chi connectivity index (χ0n) is 11.1. The lowest BCUT2D eigenvalue weighted by Gasteiger charge is -2.10. The van der Waals surface area contributed by atoms with Crippen LogP contribution in [0.5, 0.6) is 0 Å². The van der Waals surface area contributed by atoms with Gasteiger partial charge in [0, 0.05) is 22.3 Å². The van der Waals surface area contributed by atoms with Gasteiger partial charge in [-0.25, -0.2) is 0 Å². The van der Waals surface area contributed by atoms with E-state index in [-0.39, 0.29) is 5.84 Å². The van der Waals surface area contributed by atoms with Crippen molar-refractivity contribution in [1.82, 2.24) is 0 Å². The van der Waals surface area contributed by atoms with E-state index < -0.39 is 0 Å². The number of anilines is 1. The van der Waals surface area contributed by atoms with E-state index in [0.29, 0.717) is 12.1 Å². The van der Waals surface area contributed by atoms with E-state index in [1.165, 1.54) is 5.56 Å². The van der Waals surface area contributed by atoms with E-state index in [9.17, 15) is 0 Å². The first-order chi connectivity index (χ1) is 9.60. The van der Waals surface area contributed by atoms with Crippen LogP contribution in [0.1, 0.15) is 16.7 Å². The van der Waals surface area contributed by atoms with E-state index in [4.69, 9.17) is 10.9 Å². The fourth-order valence-electron chi connectivity index (χ4n) is 1.92. The van der Waals surface area contributed by atoms with Gasteiger partial charge in [-0.05, 0) is 42.3 Å². The molecule has 0 aromatic heterocycles. The van der Waals surface area contributed by atoms with Crippen LogP contribution in [0.2, 0.25) is 0 Å². The molecule has 0 saturated carbocycles. The van der Waals surface area contributed by atoms with Crippen molar-refractivity contribution in [3.63, 3.8) is 0 Å². The second-order valence-electron chi connectivity index (χ2n) is 4.50. The molecule has 20 heavy (non-hydrogen) atoms. The molecule has 0 aliphatic carbocycles. The van der Waals surface area contributed by atoms with Gasteiger partial charge in [0.1, 0.15) is 0 Å². The molecule has 4 N–H and O–H groups in total. The molecular weight excluding hydrogens is 318 g/mol. The lowest BCUT2D eigenvalue weighted by molar-refractivity contribution is 0.318. The molecule has 0 heterocycles. The van der Waals surface area contributed by atoms with Crippen LogP contribution < -0.4 is 11.1 Å². The smallest absolute Gasteiger partial charge is 0.170 e. The minimum absolute atomic E-state index is 0.117. The van der Waals surface area contributed by atoms with Crippen LogP contribution in [0, 0.1) is 6.92 Å². The quantitative estimate of drug-likeness (QED) is 0.347. The number of amidine groups is 1. The summed E-state index contributed by atoms with van der Waals surface area (Å²) in [5.41, 5.74) is 9.62. The van der Waals surface area contributed by atoms with Crippen molar-refractivity contribution < 1.29 is 5.21 Å². The number of rotatable bonds is 4. The fraction of sp³-hybridized carbons (Fsp3) is 0.133. The van der Waals surface area contributed by atoms with Gasteiger partial charge in [0.25, 0.3) is 0 Å². The third-order valence-electron chi connectivity index (χ3n) is 3.00. The van der Waals surface area contributed by atoms with E-state index in [1.807, 2.05) is 36.4 Å². The van der Waals surface area contributed by atoms with E-state index >= 15 is 0 Å². The molecule has 2 aromatic rings. The van der Waals surface area contributed by atoms with Gasteiger partial charge in [-0.3, -0.25) is 0 Å². The van der Waals surface area contributed by atoms with Crippen LogP contribution in [-0.2, 0) is 6.54 Å². The molecule has 2 rings (SSSR count). The van der Waals surface area contributed by atoms with Crippen LogP contribution in [0.25, 0.3) is 0 Å². The highest BCUT2D eigenvalue weighted by Gasteiger charge is 2.02. The number of hydrogen-bond acceptors (Lipinski definition) is 3. The molecule has 0 aliphatic heterocycles. The summed E-state index contributed by atoms with van der Waals surface area (Å²) in [7, 11) is 0. The molecule has 0 bridgehead atoms. The lowest BCUT2D eigenvalue weighted by atomic mass is 10.1. The van der Waals surface area contributed by atoms with Crippen LogP contribution >= 0.6 is 15.9 Å². The monoisotopic (exact) mass is 333 g/mol. The molecule has 0 aliphatic rings. The Morgan fingerprint density at radius 2 is 2.10 bits per heavy atom. The standard InChI is InChI=1S/C15H16BrN3O/c1-10-7-13(16)5-6-14(10)18-9-11-3-2-4-12(8-11)15(17)19-20/h2-8,18,20H,9H2,1H3,(H2,17,19). The average molecular weight is 334 g/mol. The second-order valence-corrected chi connectivity index (χ2v) is 5.41. The highest BCUT2D eigenvalue weighted by atomic mass is 79.9. The van der Waals surface area contributed by atoms with Crippen molar-refractivity contribution in [1.29, 1.82) is 0 Å². The Kier molecular flexibility index (Phi) is 4.63. The molecular formula is C15H16BrN3O. The summed E-state index contributed by atoms with van der Waals surface area (Å²) in [6, 6.07) is 13.7. The predicted molar refractivity (Wildman–Crippen MR) is 85.2 cm³/mol. The maximum Gasteiger partial charge on any atom is 0.170 e. The van der Waals surface area contributed by atoms with Crippen molar-refractivity contribution in [3.8, 4) is 0 Å². The highest BCUT2D eigenvalue weighted by Crippen LogP contribution is 2.20. The summed E-state index contributed by atoms with van der Waals surface area (Å²) < 4.78 is 1.06. The topological polar surface area (TPSA) is 70.6 Å². The minimum Gasteiger partial charge on any atom is -0.409 e. The molecule has 2 aromatic carbocycles. The highest BCUT2D eigenvalue weighted by molar-refractivity contribution is 9.10. The Morgan fingerprint density at radius 1 is 1.30 bits per heavy atom. The van der Waals surface area contributed by atoms with Crippen molar-refractivity contribution >= 4 is 27.5 Å². The Labute approximate surface area is 126 Å². The maximum absolute atomic E-state index is 8.69. The number of halogens is 1. The Balaban J connectivity index is 2.11. The number of nitrogens with two attached hydrogens (primary N) is 1. The predicted octanol–water partition coefficient (Wildman–Crippen LogP) is 3.46. The fourth-order valence-corrected chi connectivity index (χ4v) is 2.40. The van der Waals surface area contributed by atoms with Gasteiger partial charge in [-0.15, -0.1) is 0 Å². The van der Waals surface area contributed by atoms with Crippen molar-refractivity contribution in [3.05, 3.63) is 63.6 Å². The van der Waals surface area contributed by atoms with Gasteiger partial charge < -0.3 is 16.3 Å². The van der Waals surface area contributed by atoms with Crippen LogP contribution in [0.4, 0.5) is 5.69 Å². The Bertz CT molecular complexity index is 641. The number of aryl methyl sites for hydroxylation is 1. The third kappa shape index (κ3) is 3.51. The zero-order chi connectivity index (χ0) is 14.5. The van der Waals surface area contributed by atoms with Crippen molar-refractivity contribution in [2.75, 3.05) is 5.32 Å². The number of hydrogen-bond donors (Lipinski definition) is 3. The summed E-state index contributed by atoms with van der Waals surface area (Å²) in [6.07, 6.45) is 0. The Morgan fingerprint density at radius 3 is 2.80 bits per heavy atom. The molecule has 0 atom stereocenters. The van der Waals surface area contributed by atoms with Gasteiger partial charge in [-0.1, -0.05) is 39.3 Å². The van der Waals surface area contributed by atoms with Gasteiger partial charge in [0.2, 0.25) is 0 Å². The summed E-state index contributed by atoms with van der Waals surface area (Å²) in [5, 5.41) is 15.1. The van der Waals surface area contributed by atoms with Crippen LogP contribution in [-0.4, -0.2) is 11.0 Å². The molecule has 0 spiro atoms. The van der Waals surface area contributed by atoms with E-state index in [1.54, 1.807) is 0 Å². The first-order valence-electron chi connectivity index (χ1n) is 6.17. The minimum atomic E-state index is 0.117. The number of nitrogens with one attached hydrogen (secondary N) is 1. The summed E-state index contributed by atoms with van der Waals surface area (Å²) in [5.74, 6) is 0.117. The zero-order valence-corrected chi connectivity index (χ0v) is 12.7. The number of benzene rings is 2. The van der Waals surface area contributed by atoms with E-state index in [0.717, 1.165) is 15.7 Å². The molecule has 5 heteroatoms. The van der Waals surface area contributed by atoms with Crippen molar-refractivity contribution in [2.45, 2.75) is 13.5 Å². The van der Waals surface area contributed by atoms with Crippen LogP contribution in [0.15, 0.2) is 52.1 Å². The third-order valence-corrected chi connectivity index (χ3v) is 3.50. The van der Waals surface area contributed by atoms with Gasteiger partial charge in [0.05, 0.1) is 0 Å². The number of oxime groups is 1. The van der Waals surface area contributed by atoms with Crippen molar-refractivity contribution in [2.24, 2.45) is 10.9 Å². The average Bonchev–Trinajstić information content (AvgIpc) is 2.46. The second kappa shape index (κ2) is 6.43. The van der Waals surface area contributed by atoms with Gasteiger partial charge in [-0.2, -0.15) is 0 Å². The van der Waals surface area contributed by atoms with Crippen LogP contribution in [0.3, 0.4) is 0 Å². The number of nitrogens with zero attached hydrogens (tertiary/aromatic N) is 1. The molecule has 104 valence electrons. The molecule has 4 nitrogen and oxygen atoms in total. The van der Waals surface area contributed by atoms with Gasteiger partial charge >= 0.3 is 0 Å².